The van der Waals surface area contributed by atoms with Crippen molar-refractivity contribution in [1.82, 2.24) is 10.2 Å². The van der Waals surface area contributed by atoms with Crippen molar-refractivity contribution in [2.75, 3.05) is 31.5 Å². The van der Waals surface area contributed by atoms with E-state index in [4.69, 9.17) is 0 Å². The third-order valence-electron chi connectivity index (χ3n) is 4.72. The molecular formula is C17H24N4O3. The molecule has 1 aliphatic carbocycles. The Hall–Kier alpha value is -1.99. The number of rotatable bonds is 7. The number of nitro benzene ring substituents is 1. The molecule has 24 heavy (non-hydrogen) atoms. The van der Waals surface area contributed by atoms with E-state index in [1.165, 1.54) is 18.9 Å². The summed E-state index contributed by atoms with van der Waals surface area (Å²) in [5.74, 6) is 0.684. The number of nitrogens with one attached hydrogen (secondary N) is 2. The van der Waals surface area contributed by atoms with Crippen molar-refractivity contribution in [2.24, 2.45) is 5.92 Å². The quantitative estimate of drug-likeness (QED) is 0.589. The van der Waals surface area contributed by atoms with Crippen LogP contribution >= 0.6 is 0 Å². The van der Waals surface area contributed by atoms with Gasteiger partial charge in [-0.2, -0.15) is 0 Å². The number of anilines is 1. The molecule has 2 N–H and O–H groups in total. The van der Waals surface area contributed by atoms with Crippen LogP contribution in [0.1, 0.15) is 25.7 Å². The Morgan fingerprint density at radius 3 is 2.58 bits per heavy atom. The smallest absolute Gasteiger partial charge is 0.292 e. The Morgan fingerprint density at radius 2 is 1.92 bits per heavy atom. The standard InChI is InChI=1S/C17H24N4O3/c22-17(19-15-3-1-2-4-16(15)21(23)24)12-20-9-7-14(8-10-20)18-11-13-5-6-13/h1-4,13-14,18H,5-12H2,(H,19,22). The largest absolute Gasteiger partial charge is 0.319 e. The summed E-state index contributed by atoms with van der Waals surface area (Å²) in [5, 5.41) is 17.3. The van der Waals surface area contributed by atoms with E-state index in [9.17, 15) is 14.9 Å². The molecule has 1 saturated carbocycles. The average molecular weight is 332 g/mol. The molecule has 2 aliphatic rings. The lowest BCUT2D eigenvalue weighted by Crippen LogP contribution is -2.45. The molecule has 0 atom stereocenters. The van der Waals surface area contributed by atoms with Crippen LogP contribution < -0.4 is 10.6 Å². The van der Waals surface area contributed by atoms with Gasteiger partial charge in [0.25, 0.3) is 5.69 Å². The topological polar surface area (TPSA) is 87.5 Å². The summed E-state index contributed by atoms with van der Waals surface area (Å²) >= 11 is 0. The summed E-state index contributed by atoms with van der Waals surface area (Å²) in [6.45, 7) is 3.17. The van der Waals surface area contributed by atoms with E-state index in [-0.39, 0.29) is 23.8 Å². The van der Waals surface area contributed by atoms with Gasteiger partial charge in [0.2, 0.25) is 5.91 Å². The molecule has 1 aromatic carbocycles. The van der Waals surface area contributed by atoms with Crippen LogP contribution in [-0.4, -0.2) is 48.0 Å². The highest BCUT2D eigenvalue weighted by Crippen LogP contribution is 2.28. The van der Waals surface area contributed by atoms with E-state index in [0.29, 0.717) is 6.04 Å². The summed E-state index contributed by atoms with van der Waals surface area (Å²) in [5.41, 5.74) is 0.183. The van der Waals surface area contributed by atoms with Crippen LogP contribution in [0.5, 0.6) is 0 Å². The normalized spacial score (nSPS) is 19.2. The van der Waals surface area contributed by atoms with Crippen LogP contribution in [0.15, 0.2) is 24.3 Å². The molecule has 1 amide bonds. The van der Waals surface area contributed by atoms with E-state index in [0.717, 1.165) is 38.4 Å². The predicted molar refractivity (Wildman–Crippen MR) is 91.9 cm³/mol. The summed E-state index contributed by atoms with van der Waals surface area (Å²) in [4.78, 5) is 24.8. The number of piperidine rings is 1. The fourth-order valence-electron chi connectivity index (χ4n) is 3.08. The fourth-order valence-corrected chi connectivity index (χ4v) is 3.08. The van der Waals surface area contributed by atoms with Crippen molar-refractivity contribution in [3.8, 4) is 0 Å². The number of likely N-dealkylation sites (tertiary alicyclic amines) is 1. The Morgan fingerprint density at radius 1 is 1.21 bits per heavy atom. The van der Waals surface area contributed by atoms with Crippen LogP contribution in [-0.2, 0) is 4.79 Å². The molecule has 1 aliphatic heterocycles. The Kier molecular flexibility index (Phi) is 5.42. The molecule has 0 spiro atoms. The SMILES string of the molecule is O=C(CN1CCC(NCC2CC2)CC1)Nc1ccccc1[N+](=O)[O-]. The first kappa shape index (κ1) is 16.9. The van der Waals surface area contributed by atoms with Gasteiger partial charge in [-0.05, 0) is 44.2 Å². The van der Waals surface area contributed by atoms with Gasteiger partial charge >= 0.3 is 0 Å². The number of hydrogen-bond acceptors (Lipinski definition) is 5. The molecule has 1 saturated heterocycles. The molecule has 7 nitrogen and oxygen atoms in total. The predicted octanol–water partition coefficient (Wildman–Crippen LogP) is 2.00. The monoisotopic (exact) mass is 332 g/mol. The van der Waals surface area contributed by atoms with Gasteiger partial charge in [-0.3, -0.25) is 19.8 Å². The van der Waals surface area contributed by atoms with Crippen molar-refractivity contribution in [2.45, 2.75) is 31.7 Å². The van der Waals surface area contributed by atoms with Gasteiger partial charge in [-0.15, -0.1) is 0 Å². The zero-order chi connectivity index (χ0) is 16.9. The Labute approximate surface area is 141 Å². The van der Waals surface area contributed by atoms with Crippen molar-refractivity contribution >= 4 is 17.3 Å². The van der Waals surface area contributed by atoms with Crippen LogP contribution in [0.3, 0.4) is 0 Å². The number of hydrogen-bond donors (Lipinski definition) is 2. The number of amides is 1. The molecule has 0 unspecified atom stereocenters. The van der Waals surface area contributed by atoms with Crippen molar-refractivity contribution in [3.63, 3.8) is 0 Å². The first-order chi connectivity index (χ1) is 11.6. The zero-order valence-electron chi connectivity index (χ0n) is 13.7. The van der Waals surface area contributed by atoms with E-state index >= 15 is 0 Å². The number of para-hydroxylation sites is 2. The minimum absolute atomic E-state index is 0.0752. The second-order valence-electron chi connectivity index (χ2n) is 6.72. The first-order valence-electron chi connectivity index (χ1n) is 8.61. The Balaban J connectivity index is 1.43. The van der Waals surface area contributed by atoms with Crippen LogP contribution in [0, 0.1) is 16.0 Å². The van der Waals surface area contributed by atoms with Crippen LogP contribution in [0.25, 0.3) is 0 Å². The highest BCUT2D eigenvalue weighted by atomic mass is 16.6. The molecule has 0 aromatic heterocycles. The summed E-state index contributed by atoms with van der Waals surface area (Å²) in [7, 11) is 0. The van der Waals surface area contributed by atoms with Gasteiger partial charge in [0, 0.05) is 25.2 Å². The maximum atomic E-state index is 12.2. The van der Waals surface area contributed by atoms with E-state index in [1.54, 1.807) is 18.2 Å². The number of nitro groups is 1. The molecule has 130 valence electrons. The first-order valence-corrected chi connectivity index (χ1v) is 8.61. The molecule has 2 fully saturated rings. The lowest BCUT2D eigenvalue weighted by molar-refractivity contribution is -0.383. The maximum Gasteiger partial charge on any atom is 0.292 e. The number of nitrogens with zero attached hydrogens (tertiary/aromatic N) is 2. The minimum atomic E-state index is -0.480. The molecule has 0 bridgehead atoms. The van der Waals surface area contributed by atoms with Crippen molar-refractivity contribution in [3.05, 3.63) is 34.4 Å². The highest BCUT2D eigenvalue weighted by Gasteiger charge is 2.25. The van der Waals surface area contributed by atoms with Gasteiger partial charge in [-0.25, -0.2) is 0 Å². The van der Waals surface area contributed by atoms with Crippen molar-refractivity contribution < 1.29 is 9.72 Å². The van der Waals surface area contributed by atoms with Crippen LogP contribution in [0.4, 0.5) is 11.4 Å². The summed E-state index contributed by atoms with van der Waals surface area (Å²) in [6, 6.07) is 6.78. The number of benzene rings is 1. The number of carbonyl (C=O) groups is 1. The maximum absolute atomic E-state index is 12.2. The van der Waals surface area contributed by atoms with Gasteiger partial charge in [0.05, 0.1) is 11.5 Å². The fraction of sp³-hybridized carbons (Fsp3) is 0.588. The summed E-state index contributed by atoms with van der Waals surface area (Å²) < 4.78 is 0. The second-order valence-corrected chi connectivity index (χ2v) is 6.72. The van der Waals surface area contributed by atoms with Crippen LogP contribution in [0.2, 0.25) is 0 Å². The van der Waals surface area contributed by atoms with Crippen molar-refractivity contribution in [1.29, 1.82) is 0 Å². The van der Waals surface area contributed by atoms with Gasteiger partial charge < -0.3 is 10.6 Å². The molecule has 1 heterocycles. The lowest BCUT2D eigenvalue weighted by atomic mass is 10.0. The summed E-state index contributed by atoms with van der Waals surface area (Å²) in [6.07, 6.45) is 4.81. The molecular weight excluding hydrogens is 308 g/mol. The Bertz CT molecular complexity index is 595. The zero-order valence-corrected chi connectivity index (χ0v) is 13.7. The van der Waals surface area contributed by atoms with Gasteiger partial charge in [0.1, 0.15) is 5.69 Å². The van der Waals surface area contributed by atoms with Gasteiger partial charge in [0.15, 0.2) is 0 Å². The van der Waals surface area contributed by atoms with Gasteiger partial charge in [-0.1, -0.05) is 12.1 Å². The van der Waals surface area contributed by atoms with E-state index in [2.05, 4.69) is 15.5 Å². The second kappa shape index (κ2) is 7.72. The number of carbonyl (C=O) groups excluding carboxylic acids is 1. The molecule has 7 heteroatoms. The minimum Gasteiger partial charge on any atom is -0.319 e. The molecule has 0 radical (unpaired) electrons. The third kappa shape index (κ3) is 4.75. The van der Waals surface area contributed by atoms with E-state index < -0.39 is 4.92 Å². The molecule has 3 rings (SSSR count). The third-order valence-corrected chi connectivity index (χ3v) is 4.72. The van der Waals surface area contributed by atoms with E-state index in [1.807, 2.05) is 0 Å². The highest BCUT2D eigenvalue weighted by molar-refractivity contribution is 5.94. The average Bonchev–Trinajstić information content (AvgIpc) is 3.39. The molecule has 1 aromatic rings. The lowest BCUT2D eigenvalue weighted by Gasteiger charge is -2.32.